The lowest BCUT2D eigenvalue weighted by Gasteiger charge is -2.27. The van der Waals surface area contributed by atoms with Gasteiger partial charge in [0.25, 0.3) is 0 Å². The van der Waals surface area contributed by atoms with Crippen LogP contribution in [0.25, 0.3) is 11.1 Å². The largest absolute Gasteiger partial charge is 0.394 e. The fraction of sp³-hybridized carbons (Fsp3) is 0.400. The molecule has 154 valence electrons. The van der Waals surface area contributed by atoms with Gasteiger partial charge >= 0.3 is 0 Å². The summed E-state index contributed by atoms with van der Waals surface area (Å²) >= 11 is 0. The molecule has 1 fully saturated rings. The van der Waals surface area contributed by atoms with Gasteiger partial charge < -0.3 is 20.2 Å². The first-order valence-electron chi connectivity index (χ1n) is 9.46. The molecule has 0 aliphatic carbocycles. The van der Waals surface area contributed by atoms with E-state index in [0.717, 1.165) is 18.6 Å². The summed E-state index contributed by atoms with van der Waals surface area (Å²) in [6.07, 6.45) is 4.66. The van der Waals surface area contributed by atoms with Crippen LogP contribution in [0.1, 0.15) is 25.3 Å². The zero-order chi connectivity index (χ0) is 20.6. The van der Waals surface area contributed by atoms with Gasteiger partial charge in [0.2, 0.25) is 11.9 Å². The lowest BCUT2D eigenvalue weighted by molar-refractivity contribution is -0.119. The number of halogens is 1. The average molecular weight is 401 g/mol. The van der Waals surface area contributed by atoms with Crippen LogP contribution in [0.5, 0.6) is 0 Å². The van der Waals surface area contributed by atoms with Gasteiger partial charge in [-0.2, -0.15) is 0 Å². The van der Waals surface area contributed by atoms with Crippen molar-refractivity contribution in [3.05, 3.63) is 42.0 Å². The Kier molecular flexibility index (Phi) is 7.07. The average Bonchev–Trinajstić information content (AvgIpc) is 2.74. The molecule has 2 heterocycles. The van der Waals surface area contributed by atoms with Crippen molar-refractivity contribution in [2.45, 2.75) is 26.4 Å². The summed E-state index contributed by atoms with van der Waals surface area (Å²) in [4.78, 5) is 26.8. The predicted molar refractivity (Wildman–Crippen MR) is 107 cm³/mol. The molecule has 2 aromatic rings. The molecule has 0 saturated carbocycles. The summed E-state index contributed by atoms with van der Waals surface area (Å²) in [5, 5.41) is 16.0. The van der Waals surface area contributed by atoms with Gasteiger partial charge in [0, 0.05) is 61.9 Å². The standard InChI is InChI=1S/C20H24FN5O3/c1-14(28)22-7-10-29-25-17-5-8-26(9-6-17)20-23-11-16(12-24-20)18-4-2-3-15(13-27)19(18)21/h2-4,11-12,27H,5-10,13H2,1H3,(H,22,28). The zero-order valence-corrected chi connectivity index (χ0v) is 16.3. The maximum absolute atomic E-state index is 14.4. The molecule has 29 heavy (non-hydrogen) atoms. The lowest BCUT2D eigenvalue weighted by Crippen LogP contribution is -2.35. The fourth-order valence-electron chi connectivity index (χ4n) is 3.01. The van der Waals surface area contributed by atoms with Gasteiger partial charge in [-0.05, 0) is 0 Å². The minimum Gasteiger partial charge on any atom is -0.394 e. The molecular weight excluding hydrogens is 377 g/mol. The van der Waals surface area contributed by atoms with E-state index >= 15 is 0 Å². The highest BCUT2D eigenvalue weighted by Gasteiger charge is 2.18. The summed E-state index contributed by atoms with van der Waals surface area (Å²) in [5.41, 5.74) is 2.14. The van der Waals surface area contributed by atoms with E-state index in [1.54, 1.807) is 30.6 Å². The summed E-state index contributed by atoms with van der Waals surface area (Å²) in [7, 11) is 0. The first-order valence-corrected chi connectivity index (χ1v) is 9.46. The molecule has 1 aromatic carbocycles. The van der Waals surface area contributed by atoms with Gasteiger partial charge in [-0.1, -0.05) is 23.4 Å². The van der Waals surface area contributed by atoms with E-state index in [0.29, 0.717) is 43.3 Å². The molecule has 1 aliphatic rings. The van der Waals surface area contributed by atoms with E-state index in [1.165, 1.54) is 6.92 Å². The minimum atomic E-state index is -0.455. The van der Waals surface area contributed by atoms with Crippen LogP contribution in [-0.4, -0.2) is 52.9 Å². The van der Waals surface area contributed by atoms with Gasteiger partial charge in [0.05, 0.1) is 18.9 Å². The van der Waals surface area contributed by atoms with Crippen LogP contribution in [-0.2, 0) is 16.2 Å². The van der Waals surface area contributed by atoms with Gasteiger partial charge in [-0.3, -0.25) is 4.79 Å². The number of aromatic nitrogens is 2. The molecule has 1 saturated heterocycles. The van der Waals surface area contributed by atoms with Crippen molar-refractivity contribution in [3.8, 4) is 11.1 Å². The first kappa shape index (κ1) is 20.7. The fourth-order valence-corrected chi connectivity index (χ4v) is 3.01. The monoisotopic (exact) mass is 401 g/mol. The third-order valence-corrected chi connectivity index (χ3v) is 4.58. The van der Waals surface area contributed by atoms with Gasteiger partial charge in [0.1, 0.15) is 12.4 Å². The number of rotatable bonds is 7. The number of aliphatic hydroxyl groups excluding tert-OH is 1. The van der Waals surface area contributed by atoms with E-state index in [4.69, 9.17) is 4.84 Å². The number of nitrogens with one attached hydrogen (secondary N) is 1. The normalized spacial score (nSPS) is 13.9. The van der Waals surface area contributed by atoms with Crippen LogP contribution in [0.3, 0.4) is 0 Å². The molecule has 8 nitrogen and oxygen atoms in total. The Bertz CT molecular complexity index is 863. The van der Waals surface area contributed by atoms with Gasteiger partial charge in [-0.25, -0.2) is 14.4 Å². The summed E-state index contributed by atoms with van der Waals surface area (Å²) in [6, 6.07) is 4.88. The Morgan fingerprint density at radius 1 is 1.31 bits per heavy atom. The van der Waals surface area contributed by atoms with Crippen molar-refractivity contribution in [1.29, 1.82) is 0 Å². The topological polar surface area (TPSA) is 99.9 Å². The zero-order valence-electron chi connectivity index (χ0n) is 16.3. The first-order chi connectivity index (χ1) is 14.1. The Morgan fingerprint density at radius 2 is 2.03 bits per heavy atom. The Balaban J connectivity index is 1.55. The lowest BCUT2D eigenvalue weighted by atomic mass is 10.1. The number of anilines is 1. The molecule has 0 atom stereocenters. The number of hydrogen-bond donors (Lipinski definition) is 2. The van der Waals surface area contributed by atoms with E-state index < -0.39 is 5.82 Å². The van der Waals surface area contributed by atoms with E-state index in [-0.39, 0.29) is 18.1 Å². The number of hydrogen-bond acceptors (Lipinski definition) is 7. The highest BCUT2D eigenvalue weighted by atomic mass is 19.1. The molecule has 0 unspecified atom stereocenters. The van der Waals surface area contributed by atoms with E-state index in [9.17, 15) is 14.3 Å². The predicted octanol–water partition coefficient (Wildman–Crippen LogP) is 1.88. The minimum absolute atomic E-state index is 0.0931. The second-order valence-corrected chi connectivity index (χ2v) is 6.67. The number of piperidine rings is 1. The van der Waals surface area contributed by atoms with Crippen molar-refractivity contribution in [2.75, 3.05) is 31.1 Å². The third-order valence-electron chi connectivity index (χ3n) is 4.58. The molecule has 2 N–H and O–H groups in total. The van der Waals surface area contributed by atoms with E-state index in [2.05, 4.69) is 20.4 Å². The van der Waals surface area contributed by atoms with Crippen LogP contribution >= 0.6 is 0 Å². The Labute approximate surface area is 168 Å². The molecule has 1 aliphatic heterocycles. The summed E-state index contributed by atoms with van der Waals surface area (Å²) in [6.45, 7) is 3.29. The van der Waals surface area contributed by atoms with Crippen LogP contribution < -0.4 is 10.2 Å². The number of aliphatic hydroxyl groups is 1. The molecule has 9 heteroatoms. The molecule has 0 radical (unpaired) electrons. The third kappa shape index (κ3) is 5.47. The smallest absolute Gasteiger partial charge is 0.225 e. The van der Waals surface area contributed by atoms with Crippen molar-refractivity contribution >= 4 is 17.6 Å². The Hall–Kier alpha value is -3.07. The highest BCUT2D eigenvalue weighted by molar-refractivity contribution is 5.86. The number of carbonyl (C=O) groups is 1. The van der Waals surface area contributed by atoms with Crippen LogP contribution in [0.2, 0.25) is 0 Å². The van der Waals surface area contributed by atoms with Gasteiger partial charge in [0.15, 0.2) is 0 Å². The maximum Gasteiger partial charge on any atom is 0.225 e. The van der Waals surface area contributed by atoms with Crippen LogP contribution in [0.4, 0.5) is 10.3 Å². The summed E-state index contributed by atoms with van der Waals surface area (Å²) in [5.74, 6) is 0.0335. The maximum atomic E-state index is 14.4. The second-order valence-electron chi connectivity index (χ2n) is 6.67. The van der Waals surface area contributed by atoms with Crippen molar-refractivity contribution in [2.24, 2.45) is 5.16 Å². The van der Waals surface area contributed by atoms with Crippen LogP contribution in [0, 0.1) is 5.82 Å². The molecule has 3 rings (SSSR count). The summed E-state index contributed by atoms with van der Waals surface area (Å²) < 4.78 is 14.4. The number of nitrogens with zero attached hydrogens (tertiary/aromatic N) is 4. The van der Waals surface area contributed by atoms with Crippen LogP contribution in [0.15, 0.2) is 35.7 Å². The molecule has 0 spiro atoms. The molecule has 1 amide bonds. The molecule has 0 bridgehead atoms. The number of carbonyl (C=O) groups excluding carboxylic acids is 1. The SMILES string of the molecule is CC(=O)NCCON=C1CCN(c2ncc(-c3cccc(CO)c3F)cn2)CC1. The van der Waals surface area contributed by atoms with Gasteiger partial charge in [-0.15, -0.1) is 0 Å². The number of oxime groups is 1. The van der Waals surface area contributed by atoms with Crippen molar-refractivity contribution in [3.63, 3.8) is 0 Å². The molecular formula is C20H24FN5O3. The van der Waals surface area contributed by atoms with Crippen molar-refractivity contribution < 1.29 is 19.1 Å². The Morgan fingerprint density at radius 3 is 2.69 bits per heavy atom. The highest BCUT2D eigenvalue weighted by Crippen LogP contribution is 2.25. The quantitative estimate of drug-likeness (QED) is 0.543. The second kappa shape index (κ2) is 9.92. The number of benzene rings is 1. The molecule has 1 aromatic heterocycles. The van der Waals surface area contributed by atoms with Crippen molar-refractivity contribution in [1.82, 2.24) is 15.3 Å². The number of amides is 1. The van der Waals surface area contributed by atoms with E-state index in [1.807, 2.05) is 4.90 Å².